The van der Waals surface area contributed by atoms with Crippen LogP contribution in [-0.4, -0.2) is 33.8 Å². The first-order valence-corrected chi connectivity index (χ1v) is 7.97. The number of benzene rings is 1. The lowest BCUT2D eigenvalue weighted by atomic mass is 10.1. The van der Waals surface area contributed by atoms with Gasteiger partial charge < -0.3 is 10.0 Å². The molecule has 2 heterocycles. The summed E-state index contributed by atoms with van der Waals surface area (Å²) >= 11 is 6.39. The number of anilines is 1. The van der Waals surface area contributed by atoms with Crippen molar-refractivity contribution in [1.82, 2.24) is 9.97 Å². The average molecular weight is 318 g/mol. The molecular formula is C17H20ClN3O. The van der Waals surface area contributed by atoms with Crippen LogP contribution in [-0.2, 0) is 6.42 Å². The molecular weight excluding hydrogens is 298 g/mol. The van der Waals surface area contributed by atoms with E-state index in [0.29, 0.717) is 17.5 Å². The molecule has 0 aliphatic carbocycles. The topological polar surface area (TPSA) is 49.2 Å². The second kappa shape index (κ2) is 5.86. The fraction of sp³-hybridized carbons (Fsp3) is 0.412. The van der Waals surface area contributed by atoms with E-state index in [1.165, 1.54) is 0 Å². The van der Waals surface area contributed by atoms with E-state index in [9.17, 15) is 5.11 Å². The first-order chi connectivity index (χ1) is 10.5. The Morgan fingerprint density at radius 3 is 2.59 bits per heavy atom. The number of β-amino-alcohol motifs (C(OH)–C–C–N with tert-alkyl or cyclic N) is 1. The normalized spacial score (nSPS) is 21.4. The zero-order valence-corrected chi connectivity index (χ0v) is 13.6. The summed E-state index contributed by atoms with van der Waals surface area (Å²) in [5, 5.41) is 10.7. The zero-order valence-electron chi connectivity index (χ0n) is 12.9. The minimum Gasteiger partial charge on any atom is -0.388 e. The van der Waals surface area contributed by atoms with Gasteiger partial charge in [-0.2, -0.15) is 0 Å². The van der Waals surface area contributed by atoms with Crippen LogP contribution >= 0.6 is 11.6 Å². The van der Waals surface area contributed by atoms with Crippen molar-refractivity contribution in [2.24, 2.45) is 0 Å². The van der Waals surface area contributed by atoms with Crippen LogP contribution in [0.4, 0.5) is 5.82 Å². The molecule has 1 unspecified atom stereocenters. The first-order valence-electron chi connectivity index (χ1n) is 7.59. The molecule has 1 saturated heterocycles. The molecule has 4 nitrogen and oxygen atoms in total. The van der Waals surface area contributed by atoms with Gasteiger partial charge in [-0.25, -0.2) is 9.97 Å². The van der Waals surface area contributed by atoms with E-state index in [4.69, 9.17) is 16.6 Å². The molecule has 1 aromatic carbocycles. The quantitative estimate of drug-likeness (QED) is 0.882. The summed E-state index contributed by atoms with van der Waals surface area (Å²) in [6.07, 6.45) is 1.50. The Morgan fingerprint density at radius 2 is 2.00 bits per heavy atom. The van der Waals surface area contributed by atoms with Gasteiger partial charge in [0.2, 0.25) is 0 Å². The molecule has 1 aliphatic rings. The standard InChI is InChI=1S/C17H20ClN3O/c1-3-13-14(18)19-15(12-7-5-4-6-8-12)20-16(13)21-10-9-17(2,22)11-21/h4-8,22H,3,9-11H2,1-2H3. The Hall–Kier alpha value is -1.65. The molecule has 0 amide bonds. The van der Waals surface area contributed by atoms with E-state index in [0.717, 1.165) is 36.3 Å². The van der Waals surface area contributed by atoms with E-state index in [1.54, 1.807) is 0 Å². The Kier molecular flexibility index (Phi) is 4.06. The largest absolute Gasteiger partial charge is 0.388 e. The number of hydrogen-bond acceptors (Lipinski definition) is 4. The van der Waals surface area contributed by atoms with Gasteiger partial charge in [0.15, 0.2) is 5.82 Å². The van der Waals surface area contributed by atoms with Gasteiger partial charge in [0.25, 0.3) is 0 Å². The molecule has 0 saturated carbocycles. The highest BCUT2D eigenvalue weighted by Crippen LogP contribution is 2.32. The zero-order chi connectivity index (χ0) is 15.7. The van der Waals surface area contributed by atoms with Crippen molar-refractivity contribution in [1.29, 1.82) is 0 Å². The smallest absolute Gasteiger partial charge is 0.163 e. The summed E-state index contributed by atoms with van der Waals surface area (Å²) in [6.45, 7) is 5.26. The highest BCUT2D eigenvalue weighted by atomic mass is 35.5. The number of rotatable bonds is 3. The molecule has 1 aliphatic heterocycles. The lowest BCUT2D eigenvalue weighted by Crippen LogP contribution is -2.30. The molecule has 2 aromatic rings. The predicted octanol–water partition coefficient (Wildman–Crippen LogP) is 3.32. The molecule has 0 spiro atoms. The van der Waals surface area contributed by atoms with Crippen molar-refractivity contribution in [2.75, 3.05) is 18.0 Å². The third-order valence-electron chi connectivity index (χ3n) is 4.07. The second-order valence-corrected chi connectivity index (χ2v) is 6.39. The summed E-state index contributed by atoms with van der Waals surface area (Å²) in [7, 11) is 0. The summed E-state index contributed by atoms with van der Waals surface area (Å²) in [5.74, 6) is 1.48. The van der Waals surface area contributed by atoms with Crippen LogP contribution in [0, 0.1) is 0 Å². The third-order valence-corrected chi connectivity index (χ3v) is 4.38. The first kappa shape index (κ1) is 15.3. The van der Waals surface area contributed by atoms with Crippen molar-refractivity contribution < 1.29 is 5.11 Å². The molecule has 116 valence electrons. The monoisotopic (exact) mass is 317 g/mol. The van der Waals surface area contributed by atoms with Gasteiger partial charge in [-0.1, -0.05) is 48.9 Å². The van der Waals surface area contributed by atoms with Gasteiger partial charge in [0, 0.05) is 24.2 Å². The number of halogens is 1. The van der Waals surface area contributed by atoms with Crippen LogP contribution in [0.15, 0.2) is 30.3 Å². The van der Waals surface area contributed by atoms with Crippen molar-refractivity contribution >= 4 is 17.4 Å². The molecule has 1 aromatic heterocycles. The maximum atomic E-state index is 10.2. The van der Waals surface area contributed by atoms with E-state index in [-0.39, 0.29) is 0 Å². The van der Waals surface area contributed by atoms with Gasteiger partial charge in [0.05, 0.1) is 5.60 Å². The number of hydrogen-bond donors (Lipinski definition) is 1. The number of aromatic nitrogens is 2. The van der Waals surface area contributed by atoms with Crippen LogP contribution in [0.2, 0.25) is 5.15 Å². The highest BCUT2D eigenvalue weighted by Gasteiger charge is 2.33. The fourth-order valence-electron chi connectivity index (χ4n) is 2.85. The molecule has 0 radical (unpaired) electrons. The Labute approximate surface area is 135 Å². The fourth-order valence-corrected chi connectivity index (χ4v) is 3.15. The van der Waals surface area contributed by atoms with E-state index >= 15 is 0 Å². The SMILES string of the molecule is CCc1c(Cl)nc(-c2ccccc2)nc1N1CCC(C)(O)C1. The summed E-state index contributed by atoms with van der Waals surface area (Å²) in [4.78, 5) is 11.3. The van der Waals surface area contributed by atoms with Crippen molar-refractivity contribution in [3.8, 4) is 11.4 Å². The number of nitrogens with zero attached hydrogens (tertiary/aromatic N) is 3. The second-order valence-electron chi connectivity index (χ2n) is 6.03. The molecule has 5 heteroatoms. The minimum absolute atomic E-state index is 0.498. The molecule has 0 bridgehead atoms. The molecule has 1 atom stereocenters. The lowest BCUT2D eigenvalue weighted by molar-refractivity contribution is 0.0839. The van der Waals surface area contributed by atoms with Crippen molar-refractivity contribution in [3.63, 3.8) is 0 Å². The maximum Gasteiger partial charge on any atom is 0.163 e. The summed E-state index contributed by atoms with van der Waals surface area (Å²) < 4.78 is 0. The van der Waals surface area contributed by atoms with Crippen LogP contribution < -0.4 is 4.90 Å². The van der Waals surface area contributed by atoms with Crippen LogP contribution in [0.1, 0.15) is 25.8 Å². The van der Waals surface area contributed by atoms with Crippen LogP contribution in [0.5, 0.6) is 0 Å². The molecule has 1 fully saturated rings. The van der Waals surface area contributed by atoms with Crippen molar-refractivity contribution in [3.05, 3.63) is 41.0 Å². The van der Waals surface area contributed by atoms with Crippen molar-refractivity contribution in [2.45, 2.75) is 32.3 Å². The van der Waals surface area contributed by atoms with E-state index in [2.05, 4.69) is 9.88 Å². The van der Waals surface area contributed by atoms with E-state index < -0.39 is 5.60 Å². The summed E-state index contributed by atoms with van der Waals surface area (Å²) in [5.41, 5.74) is 1.22. The Bertz CT molecular complexity index is 673. The van der Waals surface area contributed by atoms with Gasteiger partial charge in [0.1, 0.15) is 11.0 Å². The highest BCUT2D eigenvalue weighted by molar-refractivity contribution is 6.30. The Morgan fingerprint density at radius 1 is 1.27 bits per heavy atom. The average Bonchev–Trinajstić information content (AvgIpc) is 2.87. The van der Waals surface area contributed by atoms with Crippen LogP contribution in [0.25, 0.3) is 11.4 Å². The molecule has 1 N–H and O–H groups in total. The predicted molar refractivity (Wildman–Crippen MR) is 89.3 cm³/mol. The van der Waals surface area contributed by atoms with Gasteiger partial charge >= 0.3 is 0 Å². The van der Waals surface area contributed by atoms with Gasteiger partial charge in [-0.15, -0.1) is 0 Å². The molecule has 3 rings (SSSR count). The minimum atomic E-state index is -0.671. The summed E-state index contributed by atoms with van der Waals surface area (Å²) in [6, 6.07) is 9.83. The number of aliphatic hydroxyl groups is 1. The lowest BCUT2D eigenvalue weighted by Gasteiger charge is -2.23. The van der Waals surface area contributed by atoms with Gasteiger partial charge in [-0.05, 0) is 19.8 Å². The third kappa shape index (κ3) is 2.94. The molecule has 22 heavy (non-hydrogen) atoms. The van der Waals surface area contributed by atoms with E-state index in [1.807, 2.05) is 44.2 Å². The Balaban J connectivity index is 2.06. The maximum absolute atomic E-state index is 10.2. The van der Waals surface area contributed by atoms with Crippen LogP contribution in [0.3, 0.4) is 0 Å². The van der Waals surface area contributed by atoms with Gasteiger partial charge in [-0.3, -0.25) is 0 Å².